The maximum atomic E-state index is 3.50. The summed E-state index contributed by atoms with van der Waals surface area (Å²) in [5, 5.41) is 3.50. The van der Waals surface area contributed by atoms with Crippen LogP contribution < -0.4 is 5.32 Å². The van der Waals surface area contributed by atoms with Crippen LogP contribution in [0, 0.1) is 0 Å². The first-order valence-corrected chi connectivity index (χ1v) is 9.58. The molecule has 0 aliphatic heterocycles. The highest BCUT2D eigenvalue weighted by Crippen LogP contribution is 2.33. The third-order valence-electron chi connectivity index (χ3n) is 4.15. The van der Waals surface area contributed by atoms with Crippen molar-refractivity contribution in [3.05, 3.63) is 21.9 Å². The lowest BCUT2D eigenvalue weighted by atomic mass is 9.95. The Morgan fingerprint density at radius 3 is 2.14 bits per heavy atom. The summed E-state index contributed by atoms with van der Waals surface area (Å²) in [6, 6.07) is 5.18. The summed E-state index contributed by atoms with van der Waals surface area (Å²) in [6.45, 7) is 9.18. The minimum Gasteiger partial charge on any atom is -0.312 e. The first-order valence-electron chi connectivity index (χ1n) is 8.76. The van der Waals surface area contributed by atoms with E-state index >= 15 is 0 Å². The van der Waals surface area contributed by atoms with Crippen molar-refractivity contribution in [2.75, 3.05) is 7.05 Å². The van der Waals surface area contributed by atoms with Crippen LogP contribution in [0.2, 0.25) is 0 Å². The molecule has 1 nitrogen and oxygen atoms in total. The number of hydrogen-bond donors (Lipinski definition) is 1. The summed E-state index contributed by atoms with van der Waals surface area (Å²) in [5.41, 5.74) is 0.278. The fraction of sp³-hybridized carbons (Fsp3) is 0.789. The Hall–Kier alpha value is -0.340. The van der Waals surface area contributed by atoms with Crippen molar-refractivity contribution in [2.24, 2.45) is 0 Å². The van der Waals surface area contributed by atoms with E-state index in [0.717, 1.165) is 0 Å². The average Bonchev–Trinajstić information content (AvgIpc) is 2.91. The molecular formula is C19H35NS. The topological polar surface area (TPSA) is 12.0 Å². The molecule has 0 aliphatic rings. The first kappa shape index (κ1) is 18.7. The van der Waals surface area contributed by atoms with E-state index in [0.29, 0.717) is 6.04 Å². The Labute approximate surface area is 136 Å². The molecule has 1 unspecified atom stereocenters. The smallest absolute Gasteiger partial charge is 0.0412 e. The average molecular weight is 310 g/mol. The van der Waals surface area contributed by atoms with E-state index in [1.54, 1.807) is 0 Å². The summed E-state index contributed by atoms with van der Waals surface area (Å²) < 4.78 is 0. The zero-order valence-electron chi connectivity index (χ0n) is 14.8. The molecule has 0 radical (unpaired) electrons. The lowest BCUT2D eigenvalue weighted by molar-refractivity contribution is 0.501. The van der Waals surface area contributed by atoms with E-state index < -0.39 is 0 Å². The highest BCUT2D eigenvalue weighted by Gasteiger charge is 2.18. The molecule has 21 heavy (non-hydrogen) atoms. The van der Waals surface area contributed by atoms with Gasteiger partial charge < -0.3 is 5.32 Å². The van der Waals surface area contributed by atoms with E-state index in [-0.39, 0.29) is 5.41 Å². The zero-order chi connectivity index (χ0) is 15.7. The van der Waals surface area contributed by atoms with E-state index in [9.17, 15) is 0 Å². The molecule has 1 rings (SSSR count). The Kier molecular flexibility index (Phi) is 8.58. The molecule has 0 fully saturated rings. The van der Waals surface area contributed by atoms with Gasteiger partial charge in [-0.15, -0.1) is 11.3 Å². The van der Waals surface area contributed by atoms with Crippen molar-refractivity contribution in [1.82, 2.24) is 5.32 Å². The second kappa shape index (κ2) is 9.63. The molecule has 1 N–H and O–H groups in total. The van der Waals surface area contributed by atoms with Crippen LogP contribution in [0.25, 0.3) is 0 Å². The Morgan fingerprint density at radius 2 is 1.62 bits per heavy atom. The van der Waals surface area contributed by atoms with Gasteiger partial charge in [0, 0.05) is 15.8 Å². The summed E-state index contributed by atoms with van der Waals surface area (Å²) >= 11 is 1.98. The fourth-order valence-corrected chi connectivity index (χ4v) is 3.89. The van der Waals surface area contributed by atoms with Gasteiger partial charge in [0.25, 0.3) is 0 Å². The van der Waals surface area contributed by atoms with Crippen LogP contribution in [-0.2, 0) is 5.41 Å². The Balaban J connectivity index is 2.33. The quantitative estimate of drug-likeness (QED) is 0.490. The van der Waals surface area contributed by atoms with E-state index in [4.69, 9.17) is 0 Å². The molecule has 0 spiro atoms. The zero-order valence-corrected chi connectivity index (χ0v) is 15.6. The third kappa shape index (κ3) is 6.97. The van der Waals surface area contributed by atoms with E-state index in [1.165, 1.54) is 61.1 Å². The maximum absolute atomic E-state index is 3.50. The van der Waals surface area contributed by atoms with Crippen LogP contribution in [0.3, 0.4) is 0 Å². The number of unbranched alkanes of at least 4 members (excludes halogenated alkanes) is 6. The summed E-state index contributed by atoms with van der Waals surface area (Å²) in [4.78, 5) is 3.01. The monoisotopic (exact) mass is 309 g/mol. The van der Waals surface area contributed by atoms with Gasteiger partial charge >= 0.3 is 0 Å². The molecule has 0 bridgehead atoms. The van der Waals surface area contributed by atoms with Gasteiger partial charge in [-0.2, -0.15) is 0 Å². The fourth-order valence-electron chi connectivity index (χ4n) is 2.68. The van der Waals surface area contributed by atoms with Crippen molar-refractivity contribution in [1.29, 1.82) is 0 Å². The Bertz CT molecular complexity index is 375. The van der Waals surface area contributed by atoms with Crippen molar-refractivity contribution >= 4 is 11.3 Å². The van der Waals surface area contributed by atoms with Crippen LogP contribution >= 0.6 is 11.3 Å². The predicted octanol–water partition coefficient (Wildman–Crippen LogP) is 6.45. The standard InChI is InChI=1S/C19H35NS/c1-6-7-8-9-10-11-12-13-16(20-5)17-14-15-18(21-17)19(2,3)4/h14-16,20H,6-13H2,1-5H3. The van der Waals surface area contributed by atoms with Crippen molar-refractivity contribution < 1.29 is 0 Å². The highest BCUT2D eigenvalue weighted by atomic mass is 32.1. The molecule has 1 heterocycles. The molecule has 0 aromatic carbocycles. The van der Waals surface area contributed by atoms with Gasteiger partial charge in [0.2, 0.25) is 0 Å². The van der Waals surface area contributed by atoms with Gasteiger partial charge in [-0.3, -0.25) is 0 Å². The van der Waals surface area contributed by atoms with Crippen LogP contribution in [0.4, 0.5) is 0 Å². The molecule has 2 heteroatoms. The van der Waals surface area contributed by atoms with Crippen molar-refractivity contribution in [3.63, 3.8) is 0 Å². The van der Waals surface area contributed by atoms with E-state index in [2.05, 4.69) is 52.2 Å². The number of nitrogens with one attached hydrogen (secondary N) is 1. The normalized spacial score (nSPS) is 13.6. The van der Waals surface area contributed by atoms with Gasteiger partial charge in [-0.25, -0.2) is 0 Å². The summed E-state index contributed by atoms with van der Waals surface area (Å²) in [5.74, 6) is 0. The number of rotatable bonds is 10. The molecule has 122 valence electrons. The molecular weight excluding hydrogens is 274 g/mol. The van der Waals surface area contributed by atoms with E-state index in [1.807, 2.05) is 11.3 Å². The van der Waals surface area contributed by atoms with Crippen molar-refractivity contribution in [2.45, 2.75) is 90.5 Å². The van der Waals surface area contributed by atoms with Crippen LogP contribution in [0.15, 0.2) is 12.1 Å². The SMILES string of the molecule is CCCCCCCCCC(NC)c1ccc(C(C)(C)C)s1. The largest absolute Gasteiger partial charge is 0.312 e. The first-order chi connectivity index (χ1) is 9.99. The van der Waals surface area contributed by atoms with Gasteiger partial charge in [-0.1, -0.05) is 72.6 Å². The van der Waals surface area contributed by atoms with Gasteiger partial charge in [0.1, 0.15) is 0 Å². The minimum atomic E-state index is 0.278. The van der Waals surface area contributed by atoms with Gasteiger partial charge in [0.05, 0.1) is 0 Å². The second-order valence-electron chi connectivity index (χ2n) is 7.20. The minimum absolute atomic E-state index is 0.278. The lowest BCUT2D eigenvalue weighted by Crippen LogP contribution is -2.15. The molecule has 1 atom stereocenters. The van der Waals surface area contributed by atoms with Gasteiger partial charge in [-0.05, 0) is 31.0 Å². The molecule has 1 aromatic rings. The third-order valence-corrected chi connectivity index (χ3v) is 5.78. The predicted molar refractivity (Wildman–Crippen MR) is 97.4 cm³/mol. The van der Waals surface area contributed by atoms with Gasteiger partial charge in [0.15, 0.2) is 0 Å². The second-order valence-corrected chi connectivity index (χ2v) is 8.32. The maximum Gasteiger partial charge on any atom is 0.0412 e. The highest BCUT2D eigenvalue weighted by molar-refractivity contribution is 7.12. The van der Waals surface area contributed by atoms with Crippen LogP contribution in [-0.4, -0.2) is 7.05 Å². The lowest BCUT2D eigenvalue weighted by Gasteiger charge is -2.17. The summed E-state index contributed by atoms with van der Waals surface area (Å²) in [7, 11) is 2.10. The van der Waals surface area contributed by atoms with Crippen LogP contribution in [0.1, 0.15) is 94.9 Å². The molecule has 0 aliphatic carbocycles. The molecule has 0 saturated heterocycles. The molecule has 0 amide bonds. The molecule has 0 saturated carbocycles. The number of hydrogen-bond acceptors (Lipinski definition) is 2. The van der Waals surface area contributed by atoms with Crippen LogP contribution in [0.5, 0.6) is 0 Å². The Morgan fingerprint density at radius 1 is 1.00 bits per heavy atom. The summed E-state index contributed by atoms with van der Waals surface area (Å²) in [6.07, 6.45) is 11.0. The number of thiophene rings is 1. The molecule has 1 aromatic heterocycles. The van der Waals surface area contributed by atoms with Crippen molar-refractivity contribution in [3.8, 4) is 0 Å².